The first-order valence-electron chi connectivity index (χ1n) is 3.12. The minimum Gasteiger partial charge on any atom is -0.0745 e. The zero-order chi connectivity index (χ0) is 5.91. The molecule has 0 heterocycles. The summed E-state index contributed by atoms with van der Waals surface area (Å²) in [5.41, 5.74) is 0. The molecule has 0 unspecified atom stereocenters. The van der Waals surface area contributed by atoms with E-state index in [1.807, 2.05) is 0 Å². The summed E-state index contributed by atoms with van der Waals surface area (Å²) >= 11 is 0. The SMILES string of the molecule is C[Si](C)([SiH2][SiH3])[SiH2][SiH3]. The fourth-order valence-electron chi connectivity index (χ4n) is 0.250. The van der Waals surface area contributed by atoms with Gasteiger partial charge in [0.05, 0.1) is 0 Å². The molecule has 0 aromatic heterocycles. The summed E-state index contributed by atoms with van der Waals surface area (Å²) in [6.45, 7) is 5.26. The van der Waals surface area contributed by atoms with Crippen molar-refractivity contribution < 1.29 is 0 Å². The fourth-order valence-corrected chi connectivity index (χ4v) is 60.7. The predicted molar refractivity (Wildman–Crippen MR) is 54.4 cm³/mol. The van der Waals surface area contributed by atoms with Crippen molar-refractivity contribution in [3.63, 3.8) is 0 Å². The van der Waals surface area contributed by atoms with E-state index in [0.717, 1.165) is 0 Å². The van der Waals surface area contributed by atoms with Gasteiger partial charge in [-0.15, -0.1) is 0 Å². The van der Waals surface area contributed by atoms with Gasteiger partial charge in [-0.25, -0.2) is 0 Å². The Morgan fingerprint density at radius 3 is 1.43 bits per heavy atom. The zero-order valence-electron chi connectivity index (χ0n) is 5.91. The second kappa shape index (κ2) is 3.18. The molecule has 0 radical (unpaired) electrons. The maximum atomic E-state index is 2.63. The van der Waals surface area contributed by atoms with Crippen LogP contribution in [0.4, 0.5) is 0 Å². The first-order chi connectivity index (χ1) is 3.12. The van der Waals surface area contributed by atoms with Crippen LogP contribution in [-0.2, 0) is 0 Å². The summed E-state index contributed by atoms with van der Waals surface area (Å²) in [6.07, 6.45) is 0. The van der Waals surface area contributed by atoms with Crippen LogP contribution in [0.5, 0.6) is 0 Å². The summed E-state index contributed by atoms with van der Waals surface area (Å²) in [5, 5.41) is 0. The van der Waals surface area contributed by atoms with E-state index in [1.54, 1.807) is 19.5 Å². The molecule has 0 bridgehead atoms. The monoisotopic (exact) mass is 180 g/mol. The van der Waals surface area contributed by atoms with Gasteiger partial charge in [0, 0.05) is 7.11 Å². The summed E-state index contributed by atoms with van der Waals surface area (Å²) < 4.78 is 0. The molecule has 0 N–H and O–H groups in total. The summed E-state index contributed by atoms with van der Waals surface area (Å²) in [7, 11) is 4.21. The van der Waals surface area contributed by atoms with Gasteiger partial charge in [0.1, 0.15) is 0 Å². The molecule has 0 aliphatic rings. The van der Waals surface area contributed by atoms with Gasteiger partial charge in [-0.05, 0) is 36.6 Å². The maximum Gasteiger partial charge on any atom is 0.0154 e. The van der Waals surface area contributed by atoms with Gasteiger partial charge in [0.15, 0.2) is 0 Å². The largest absolute Gasteiger partial charge is 0.0745 e. The van der Waals surface area contributed by atoms with Crippen LogP contribution in [0.15, 0.2) is 0 Å². The molecule has 0 aromatic rings. The molecule has 0 aromatic carbocycles. The normalized spacial score (nSPS) is 16.3. The van der Waals surface area contributed by atoms with Gasteiger partial charge in [-0.1, -0.05) is 13.1 Å². The first-order valence-corrected chi connectivity index (χ1v) is 22.1. The van der Waals surface area contributed by atoms with Crippen LogP contribution >= 0.6 is 0 Å². The van der Waals surface area contributed by atoms with Crippen molar-refractivity contribution >= 4 is 43.7 Å². The molecule has 7 heavy (non-hydrogen) atoms. The van der Waals surface area contributed by atoms with Gasteiger partial charge in [0.25, 0.3) is 0 Å². The third-order valence-corrected chi connectivity index (χ3v) is 78.7. The number of hydrogen-bond acceptors (Lipinski definition) is 0. The molecule has 0 nitrogen and oxygen atoms in total. The van der Waals surface area contributed by atoms with Crippen molar-refractivity contribution in [2.75, 3.05) is 0 Å². The first kappa shape index (κ1) is 8.08. The molecule has 0 spiro atoms. The second-order valence-corrected chi connectivity index (χ2v) is 40.1. The summed E-state index contributed by atoms with van der Waals surface area (Å²) in [4.78, 5) is 0. The van der Waals surface area contributed by atoms with Crippen LogP contribution in [0, 0.1) is 0 Å². The average Bonchev–Trinajstić information content (AvgIpc) is 1.68. The highest BCUT2D eigenvalue weighted by molar-refractivity contribution is 7.64. The average molecular weight is 181 g/mol. The van der Waals surface area contributed by atoms with Crippen LogP contribution in [0.3, 0.4) is 0 Å². The van der Waals surface area contributed by atoms with E-state index >= 15 is 0 Å². The Kier molecular flexibility index (Phi) is 3.67. The fraction of sp³-hybridized carbons (Fsp3) is 1.00. The lowest BCUT2D eigenvalue weighted by molar-refractivity contribution is 2.05. The van der Waals surface area contributed by atoms with Gasteiger partial charge in [0.2, 0.25) is 0 Å². The van der Waals surface area contributed by atoms with E-state index < -0.39 is 0 Å². The molecule has 0 aliphatic carbocycles. The lowest BCUT2D eigenvalue weighted by Gasteiger charge is -2.14. The van der Waals surface area contributed by atoms with E-state index in [2.05, 4.69) is 13.1 Å². The van der Waals surface area contributed by atoms with Gasteiger partial charge >= 0.3 is 0 Å². The Bertz CT molecular complexity index is 44.0. The van der Waals surface area contributed by atoms with Crippen LogP contribution in [-0.4, -0.2) is 43.7 Å². The Labute approximate surface area is 57.1 Å². The standard InChI is InChI=1S/C2H16Si5/c1-7(2,5-3)6-4/h5-6H2,1-4H3. The highest BCUT2D eigenvalue weighted by Gasteiger charge is 2.13. The molecule has 0 amide bonds. The van der Waals surface area contributed by atoms with Crippen LogP contribution in [0.25, 0.3) is 0 Å². The Balaban J connectivity index is 3.36. The topological polar surface area (TPSA) is 0 Å². The van der Waals surface area contributed by atoms with Crippen LogP contribution < -0.4 is 0 Å². The third-order valence-electron chi connectivity index (χ3n) is 1.91. The maximum absolute atomic E-state index is 2.63. The van der Waals surface area contributed by atoms with Gasteiger partial charge in [-0.3, -0.25) is 0 Å². The van der Waals surface area contributed by atoms with E-state index in [0.29, 0.717) is 17.1 Å². The van der Waals surface area contributed by atoms with E-state index in [9.17, 15) is 0 Å². The Morgan fingerprint density at radius 2 is 1.43 bits per heavy atom. The Morgan fingerprint density at radius 1 is 1.14 bits per heavy atom. The van der Waals surface area contributed by atoms with Crippen molar-refractivity contribution in [2.24, 2.45) is 0 Å². The number of rotatable bonds is 2. The smallest absolute Gasteiger partial charge is 0.0154 e. The van der Waals surface area contributed by atoms with E-state index in [4.69, 9.17) is 0 Å². The molecule has 0 saturated carbocycles. The minimum atomic E-state index is -0.250. The zero-order valence-corrected chi connectivity index (χ0v) is 13.7. The lowest BCUT2D eigenvalue weighted by atomic mass is 11.9. The highest BCUT2D eigenvalue weighted by atomic mass is 29.9. The summed E-state index contributed by atoms with van der Waals surface area (Å²) in [6, 6.07) is 0. The van der Waals surface area contributed by atoms with Gasteiger partial charge < -0.3 is 0 Å². The van der Waals surface area contributed by atoms with Crippen molar-refractivity contribution in [3.8, 4) is 0 Å². The molecule has 44 valence electrons. The Hall–Kier alpha value is 1.08. The van der Waals surface area contributed by atoms with E-state index in [1.165, 1.54) is 0 Å². The van der Waals surface area contributed by atoms with Crippen LogP contribution in [0.1, 0.15) is 0 Å². The van der Waals surface area contributed by atoms with E-state index in [-0.39, 0.29) is 7.11 Å². The quantitative estimate of drug-likeness (QED) is 0.389. The molecule has 5 heteroatoms. The minimum absolute atomic E-state index is 0.250. The van der Waals surface area contributed by atoms with Crippen molar-refractivity contribution in [1.82, 2.24) is 0 Å². The molecular weight excluding hydrogens is 164 g/mol. The molecule has 0 aliphatic heterocycles. The summed E-state index contributed by atoms with van der Waals surface area (Å²) in [5.74, 6) is 0. The number of hydrogen-bond donors (Lipinski definition) is 0. The molecular formula is C2H16Si5. The highest BCUT2D eigenvalue weighted by Crippen LogP contribution is 1.90. The molecule has 0 fully saturated rings. The lowest BCUT2D eigenvalue weighted by Crippen LogP contribution is -2.42. The van der Waals surface area contributed by atoms with Crippen LogP contribution in [0.2, 0.25) is 13.1 Å². The third kappa shape index (κ3) is 3.65. The second-order valence-electron chi connectivity index (χ2n) is 2.87. The van der Waals surface area contributed by atoms with Crippen molar-refractivity contribution in [1.29, 1.82) is 0 Å². The van der Waals surface area contributed by atoms with Crippen molar-refractivity contribution in [3.05, 3.63) is 0 Å². The molecule has 0 saturated heterocycles. The van der Waals surface area contributed by atoms with Crippen molar-refractivity contribution in [2.45, 2.75) is 13.1 Å². The predicted octanol–water partition coefficient (Wildman–Crippen LogP) is -3.41. The molecule has 0 atom stereocenters. The van der Waals surface area contributed by atoms with Gasteiger partial charge in [-0.2, -0.15) is 0 Å². The molecule has 0 rings (SSSR count).